The van der Waals surface area contributed by atoms with Crippen LogP contribution >= 0.6 is 11.6 Å². The molecule has 2 aromatic carbocycles. The molecule has 160 valence electrons. The first-order valence-corrected chi connectivity index (χ1v) is 10.6. The maximum Gasteiger partial charge on any atom is 0.246 e. The van der Waals surface area contributed by atoms with E-state index in [-0.39, 0.29) is 5.91 Å². The summed E-state index contributed by atoms with van der Waals surface area (Å²) in [7, 11) is 1.60. The van der Waals surface area contributed by atoms with E-state index in [0.29, 0.717) is 36.2 Å². The summed E-state index contributed by atoms with van der Waals surface area (Å²) < 4.78 is 10.9. The Morgan fingerprint density at radius 2 is 2.13 bits per heavy atom. The van der Waals surface area contributed by atoms with Gasteiger partial charge < -0.3 is 14.4 Å². The summed E-state index contributed by atoms with van der Waals surface area (Å²) in [6.45, 7) is 3.63. The van der Waals surface area contributed by atoms with Gasteiger partial charge in [0, 0.05) is 47.4 Å². The summed E-state index contributed by atoms with van der Waals surface area (Å²) in [6, 6.07) is 13.2. The van der Waals surface area contributed by atoms with Gasteiger partial charge in [0.05, 0.1) is 19.4 Å². The number of amides is 1. The smallest absolute Gasteiger partial charge is 0.246 e. The summed E-state index contributed by atoms with van der Waals surface area (Å²) in [5.74, 6) is 1.28. The predicted molar refractivity (Wildman–Crippen MR) is 121 cm³/mol. The van der Waals surface area contributed by atoms with Crippen LogP contribution in [0, 0.1) is 0 Å². The van der Waals surface area contributed by atoms with E-state index >= 15 is 0 Å². The number of rotatable bonds is 6. The largest absolute Gasteiger partial charge is 0.493 e. The van der Waals surface area contributed by atoms with Crippen molar-refractivity contribution in [1.29, 1.82) is 0 Å². The van der Waals surface area contributed by atoms with Gasteiger partial charge in [-0.25, -0.2) is 0 Å². The molecule has 2 heterocycles. The van der Waals surface area contributed by atoms with Crippen LogP contribution in [-0.2, 0) is 17.8 Å². The highest BCUT2D eigenvalue weighted by Gasteiger charge is 2.24. The lowest BCUT2D eigenvalue weighted by atomic mass is 10.0. The fourth-order valence-corrected chi connectivity index (χ4v) is 3.88. The average molecular weight is 438 g/mol. The Balaban J connectivity index is 1.50. The number of carbonyl (C=O) groups excluding carboxylic acids is 1. The quantitative estimate of drug-likeness (QED) is 0.566. The minimum Gasteiger partial charge on any atom is -0.493 e. The molecule has 1 amide bonds. The first kappa shape index (κ1) is 21.0. The summed E-state index contributed by atoms with van der Waals surface area (Å²) in [5, 5.41) is 8.25. The fourth-order valence-electron chi connectivity index (χ4n) is 3.69. The molecule has 0 fully saturated rings. The Morgan fingerprint density at radius 3 is 2.90 bits per heavy atom. The van der Waals surface area contributed by atoms with Gasteiger partial charge in [-0.15, -0.1) is 0 Å². The van der Waals surface area contributed by atoms with Crippen LogP contribution in [0.15, 0.2) is 48.5 Å². The highest BCUT2D eigenvalue weighted by molar-refractivity contribution is 6.30. The zero-order valence-electron chi connectivity index (χ0n) is 17.5. The molecule has 31 heavy (non-hydrogen) atoms. The second kappa shape index (κ2) is 9.27. The van der Waals surface area contributed by atoms with Gasteiger partial charge in [-0.1, -0.05) is 29.8 Å². The Bertz CT molecular complexity index is 1120. The van der Waals surface area contributed by atoms with Crippen LogP contribution in [0.1, 0.15) is 23.7 Å². The molecule has 0 saturated carbocycles. The molecule has 0 spiro atoms. The molecule has 0 bridgehead atoms. The number of ether oxygens (including phenoxy) is 2. The van der Waals surface area contributed by atoms with E-state index in [1.165, 1.54) is 0 Å². The normalized spacial score (nSPS) is 13.3. The fraction of sp³-hybridized carbons (Fsp3) is 0.250. The summed E-state index contributed by atoms with van der Waals surface area (Å²) in [4.78, 5) is 14.7. The van der Waals surface area contributed by atoms with Crippen molar-refractivity contribution in [3.8, 4) is 22.8 Å². The number of carbonyl (C=O) groups is 1. The second-order valence-corrected chi connectivity index (χ2v) is 7.66. The Hall–Kier alpha value is -3.25. The molecule has 6 nitrogen and oxygen atoms in total. The van der Waals surface area contributed by atoms with Crippen molar-refractivity contribution in [3.05, 3.63) is 70.4 Å². The number of hydrogen-bond donors (Lipinski definition) is 1. The molecule has 1 N–H and O–H groups in total. The van der Waals surface area contributed by atoms with Crippen molar-refractivity contribution in [2.75, 3.05) is 20.3 Å². The molecule has 0 aliphatic carbocycles. The molecule has 7 heteroatoms. The zero-order valence-corrected chi connectivity index (χ0v) is 18.3. The van der Waals surface area contributed by atoms with Crippen molar-refractivity contribution in [1.82, 2.24) is 15.1 Å². The monoisotopic (exact) mass is 437 g/mol. The zero-order chi connectivity index (χ0) is 21.8. The van der Waals surface area contributed by atoms with Crippen molar-refractivity contribution in [2.45, 2.75) is 19.9 Å². The van der Waals surface area contributed by atoms with Gasteiger partial charge in [-0.3, -0.25) is 9.89 Å². The number of nitrogens with zero attached hydrogens (tertiary/aromatic N) is 2. The number of methoxy groups -OCH3 is 1. The number of benzene rings is 2. The van der Waals surface area contributed by atoms with Gasteiger partial charge in [-0.2, -0.15) is 5.10 Å². The van der Waals surface area contributed by atoms with Gasteiger partial charge in [0.2, 0.25) is 5.91 Å². The molecule has 1 aromatic heterocycles. The Morgan fingerprint density at radius 1 is 1.26 bits per heavy atom. The van der Waals surface area contributed by atoms with Crippen LogP contribution in [0.4, 0.5) is 0 Å². The van der Waals surface area contributed by atoms with Crippen LogP contribution in [0.2, 0.25) is 5.02 Å². The topological polar surface area (TPSA) is 67.5 Å². The lowest BCUT2D eigenvalue weighted by molar-refractivity contribution is -0.126. The minimum absolute atomic E-state index is 0.0447. The molecule has 3 aromatic rings. The van der Waals surface area contributed by atoms with E-state index in [1.54, 1.807) is 19.3 Å². The number of aromatic amines is 1. The number of H-pyrrole nitrogens is 1. The number of hydrogen-bond acceptors (Lipinski definition) is 4. The SMILES string of the molecule is CCOc1ccc(/C=C/C(=O)N2CCc3[nH]nc(-c4cccc(Cl)c4)c3C2)cc1OC. The summed E-state index contributed by atoms with van der Waals surface area (Å²) in [5.41, 5.74) is 4.76. The van der Waals surface area contributed by atoms with Gasteiger partial charge in [0.15, 0.2) is 11.5 Å². The average Bonchev–Trinajstić information content (AvgIpc) is 3.21. The van der Waals surface area contributed by atoms with Crippen LogP contribution in [0.5, 0.6) is 11.5 Å². The van der Waals surface area contributed by atoms with Gasteiger partial charge in [0.25, 0.3) is 0 Å². The number of aromatic nitrogens is 2. The minimum atomic E-state index is -0.0447. The van der Waals surface area contributed by atoms with Crippen LogP contribution in [0.25, 0.3) is 17.3 Å². The van der Waals surface area contributed by atoms with Crippen LogP contribution in [-0.4, -0.2) is 41.3 Å². The molecule has 4 rings (SSSR count). The third kappa shape index (κ3) is 4.59. The molecular formula is C24H24ClN3O3. The van der Waals surface area contributed by atoms with Crippen LogP contribution < -0.4 is 9.47 Å². The first-order valence-electron chi connectivity index (χ1n) is 10.2. The van der Waals surface area contributed by atoms with Crippen molar-refractivity contribution < 1.29 is 14.3 Å². The lowest BCUT2D eigenvalue weighted by Crippen LogP contribution is -2.34. The number of halogens is 1. The van der Waals surface area contributed by atoms with Crippen molar-refractivity contribution in [3.63, 3.8) is 0 Å². The lowest BCUT2D eigenvalue weighted by Gasteiger charge is -2.26. The number of fused-ring (bicyclic) bond motifs is 1. The first-order chi connectivity index (χ1) is 15.1. The van der Waals surface area contributed by atoms with Gasteiger partial charge >= 0.3 is 0 Å². The molecule has 1 aliphatic heterocycles. The van der Waals surface area contributed by atoms with E-state index in [4.69, 9.17) is 21.1 Å². The summed E-state index contributed by atoms with van der Waals surface area (Å²) in [6.07, 6.45) is 4.13. The van der Waals surface area contributed by atoms with E-state index in [2.05, 4.69) is 10.2 Å². The third-order valence-electron chi connectivity index (χ3n) is 5.25. The van der Waals surface area contributed by atoms with E-state index in [1.807, 2.05) is 54.3 Å². The number of nitrogens with one attached hydrogen (secondary N) is 1. The standard InChI is InChI=1S/C24H24ClN3O3/c1-3-31-21-9-7-16(13-22(21)30-2)8-10-23(29)28-12-11-20-19(15-28)24(27-26-20)17-5-4-6-18(25)14-17/h4-10,13-14H,3,11-12,15H2,1-2H3,(H,26,27)/b10-8+. The summed E-state index contributed by atoms with van der Waals surface area (Å²) >= 11 is 6.14. The van der Waals surface area contributed by atoms with Crippen molar-refractivity contribution >= 4 is 23.6 Å². The van der Waals surface area contributed by atoms with E-state index < -0.39 is 0 Å². The predicted octanol–water partition coefficient (Wildman–Crippen LogP) is 4.74. The van der Waals surface area contributed by atoms with E-state index in [0.717, 1.165) is 34.5 Å². The highest BCUT2D eigenvalue weighted by atomic mass is 35.5. The Labute approximate surface area is 186 Å². The Kier molecular flexibility index (Phi) is 6.28. The van der Waals surface area contributed by atoms with Crippen LogP contribution in [0.3, 0.4) is 0 Å². The second-order valence-electron chi connectivity index (χ2n) is 7.23. The molecule has 1 aliphatic rings. The maximum absolute atomic E-state index is 12.9. The molecule has 0 unspecified atom stereocenters. The third-order valence-corrected chi connectivity index (χ3v) is 5.48. The molecule has 0 atom stereocenters. The molecular weight excluding hydrogens is 414 g/mol. The van der Waals surface area contributed by atoms with Gasteiger partial charge in [-0.05, 0) is 42.8 Å². The van der Waals surface area contributed by atoms with Crippen molar-refractivity contribution in [2.24, 2.45) is 0 Å². The maximum atomic E-state index is 12.9. The molecule has 0 saturated heterocycles. The highest BCUT2D eigenvalue weighted by Crippen LogP contribution is 2.30. The molecule has 0 radical (unpaired) electrons. The van der Waals surface area contributed by atoms with E-state index in [9.17, 15) is 4.79 Å². The van der Waals surface area contributed by atoms with Gasteiger partial charge in [0.1, 0.15) is 0 Å².